The van der Waals surface area contributed by atoms with E-state index in [-0.39, 0.29) is 5.54 Å². The fourth-order valence-electron chi connectivity index (χ4n) is 2.59. The van der Waals surface area contributed by atoms with Gasteiger partial charge in [0.1, 0.15) is 0 Å². The van der Waals surface area contributed by atoms with E-state index in [1.165, 1.54) is 38.1 Å². The molecule has 0 radical (unpaired) electrons. The Kier molecular flexibility index (Phi) is 3.63. The molecule has 1 saturated heterocycles. The Labute approximate surface area is 98.0 Å². The van der Waals surface area contributed by atoms with Gasteiger partial charge >= 0.3 is 0 Å². The van der Waals surface area contributed by atoms with Gasteiger partial charge in [0, 0.05) is 36.2 Å². The van der Waals surface area contributed by atoms with Crippen LogP contribution in [0.2, 0.25) is 0 Å². The summed E-state index contributed by atoms with van der Waals surface area (Å²) < 4.78 is 0. The minimum Gasteiger partial charge on any atom is -0.329 e. The summed E-state index contributed by atoms with van der Waals surface area (Å²) >= 11 is 2.10. The van der Waals surface area contributed by atoms with Gasteiger partial charge in [0.25, 0.3) is 0 Å². The highest BCUT2D eigenvalue weighted by Gasteiger charge is 2.38. The summed E-state index contributed by atoms with van der Waals surface area (Å²) in [7, 11) is 0. The van der Waals surface area contributed by atoms with E-state index in [4.69, 9.17) is 5.73 Å². The molecule has 2 nitrogen and oxygen atoms in total. The maximum Gasteiger partial charge on any atom is 0.0307 e. The van der Waals surface area contributed by atoms with Crippen molar-refractivity contribution >= 4 is 11.8 Å². The molecule has 0 spiro atoms. The van der Waals surface area contributed by atoms with E-state index in [9.17, 15) is 0 Å². The lowest BCUT2D eigenvalue weighted by atomic mass is 9.92. The summed E-state index contributed by atoms with van der Waals surface area (Å²) in [5, 5.41) is 0.781. The lowest BCUT2D eigenvalue weighted by Gasteiger charge is -2.44. The number of thioether (sulfide) groups is 1. The molecule has 2 rings (SSSR count). The predicted octanol–water partition coefficient (Wildman–Crippen LogP) is 1.94. The van der Waals surface area contributed by atoms with Gasteiger partial charge in [-0.05, 0) is 19.3 Å². The average Bonchev–Trinajstić information content (AvgIpc) is 3.01. The minimum atomic E-state index is 0.274. The second-order valence-corrected chi connectivity index (χ2v) is 7.02. The third-order valence-electron chi connectivity index (χ3n) is 3.87. The fraction of sp³-hybridized carbons (Fsp3) is 1.00. The SMILES string of the molecule is CC1CN(C(C)(CN)CC2CC2)CCS1. The second-order valence-electron chi connectivity index (χ2n) is 5.48. The zero-order valence-corrected chi connectivity index (χ0v) is 10.9. The number of nitrogens with zero attached hydrogens (tertiary/aromatic N) is 1. The van der Waals surface area contributed by atoms with E-state index in [0.717, 1.165) is 17.7 Å². The smallest absolute Gasteiger partial charge is 0.0307 e. The van der Waals surface area contributed by atoms with Crippen molar-refractivity contribution in [1.82, 2.24) is 4.90 Å². The maximum atomic E-state index is 6.01. The third kappa shape index (κ3) is 2.89. The van der Waals surface area contributed by atoms with Crippen molar-refractivity contribution in [2.24, 2.45) is 11.7 Å². The summed E-state index contributed by atoms with van der Waals surface area (Å²) in [4.78, 5) is 2.65. The number of hydrogen-bond acceptors (Lipinski definition) is 3. The van der Waals surface area contributed by atoms with E-state index < -0.39 is 0 Å². The lowest BCUT2D eigenvalue weighted by molar-refractivity contribution is 0.101. The maximum absolute atomic E-state index is 6.01. The topological polar surface area (TPSA) is 29.3 Å². The summed E-state index contributed by atoms with van der Waals surface area (Å²) in [6.45, 7) is 7.99. The van der Waals surface area contributed by atoms with Gasteiger partial charge in [-0.15, -0.1) is 0 Å². The first kappa shape index (κ1) is 11.7. The molecule has 1 heterocycles. The zero-order valence-electron chi connectivity index (χ0n) is 10.0. The average molecular weight is 228 g/mol. The molecule has 1 saturated carbocycles. The number of hydrogen-bond donors (Lipinski definition) is 1. The second kappa shape index (κ2) is 4.64. The van der Waals surface area contributed by atoms with Crippen LogP contribution in [0.15, 0.2) is 0 Å². The van der Waals surface area contributed by atoms with Gasteiger partial charge in [0.15, 0.2) is 0 Å². The number of nitrogens with two attached hydrogens (primary N) is 1. The first-order valence-electron chi connectivity index (χ1n) is 6.21. The molecule has 0 aromatic carbocycles. The van der Waals surface area contributed by atoms with Gasteiger partial charge in [-0.3, -0.25) is 4.90 Å². The Balaban J connectivity index is 1.96. The first-order valence-corrected chi connectivity index (χ1v) is 7.25. The molecule has 1 aliphatic heterocycles. The van der Waals surface area contributed by atoms with Crippen LogP contribution in [0.1, 0.15) is 33.1 Å². The largest absolute Gasteiger partial charge is 0.329 e. The first-order chi connectivity index (χ1) is 7.14. The highest BCUT2D eigenvalue weighted by atomic mass is 32.2. The number of rotatable bonds is 4. The molecule has 2 unspecified atom stereocenters. The molecule has 2 fully saturated rings. The molecular formula is C12H24N2S. The van der Waals surface area contributed by atoms with Crippen molar-refractivity contribution in [1.29, 1.82) is 0 Å². The van der Waals surface area contributed by atoms with Crippen LogP contribution >= 0.6 is 11.8 Å². The van der Waals surface area contributed by atoms with E-state index >= 15 is 0 Å². The van der Waals surface area contributed by atoms with Crippen LogP contribution in [0.3, 0.4) is 0 Å². The molecule has 3 heteroatoms. The van der Waals surface area contributed by atoms with E-state index in [2.05, 4.69) is 30.5 Å². The van der Waals surface area contributed by atoms with Crippen LogP contribution in [-0.4, -0.2) is 41.1 Å². The molecule has 0 amide bonds. The van der Waals surface area contributed by atoms with Gasteiger partial charge in [-0.2, -0.15) is 11.8 Å². The molecule has 0 aromatic heterocycles. The van der Waals surface area contributed by atoms with Crippen molar-refractivity contribution in [3.8, 4) is 0 Å². The molecule has 88 valence electrons. The summed E-state index contributed by atoms with van der Waals surface area (Å²) in [5.74, 6) is 2.25. The van der Waals surface area contributed by atoms with Crippen LogP contribution < -0.4 is 5.73 Å². The van der Waals surface area contributed by atoms with Crippen LogP contribution in [0.25, 0.3) is 0 Å². The molecule has 0 aromatic rings. The highest BCUT2D eigenvalue weighted by Crippen LogP contribution is 2.39. The van der Waals surface area contributed by atoms with Crippen LogP contribution in [-0.2, 0) is 0 Å². The Hall–Kier alpha value is 0.270. The van der Waals surface area contributed by atoms with E-state index in [1.807, 2.05) is 0 Å². The Morgan fingerprint density at radius 2 is 2.20 bits per heavy atom. The van der Waals surface area contributed by atoms with Crippen molar-refractivity contribution in [2.45, 2.75) is 43.9 Å². The van der Waals surface area contributed by atoms with Crippen molar-refractivity contribution < 1.29 is 0 Å². The van der Waals surface area contributed by atoms with Gasteiger partial charge in [0.2, 0.25) is 0 Å². The Morgan fingerprint density at radius 1 is 1.47 bits per heavy atom. The fourth-order valence-corrected chi connectivity index (χ4v) is 3.61. The van der Waals surface area contributed by atoms with Crippen LogP contribution in [0, 0.1) is 5.92 Å². The van der Waals surface area contributed by atoms with Crippen molar-refractivity contribution in [2.75, 3.05) is 25.4 Å². The van der Waals surface area contributed by atoms with E-state index in [0.29, 0.717) is 0 Å². The van der Waals surface area contributed by atoms with Gasteiger partial charge in [-0.1, -0.05) is 19.8 Å². The Bertz CT molecular complexity index is 218. The summed E-state index contributed by atoms with van der Waals surface area (Å²) in [5.41, 5.74) is 6.29. The van der Waals surface area contributed by atoms with Gasteiger partial charge in [0.05, 0.1) is 0 Å². The monoisotopic (exact) mass is 228 g/mol. The minimum absolute atomic E-state index is 0.274. The predicted molar refractivity (Wildman–Crippen MR) is 68.3 cm³/mol. The van der Waals surface area contributed by atoms with Crippen LogP contribution in [0.4, 0.5) is 0 Å². The lowest BCUT2D eigenvalue weighted by Crippen LogP contribution is -2.56. The molecule has 2 N–H and O–H groups in total. The normalized spacial score (nSPS) is 32.6. The molecule has 15 heavy (non-hydrogen) atoms. The summed E-state index contributed by atoms with van der Waals surface area (Å²) in [6.07, 6.45) is 4.20. The molecular weight excluding hydrogens is 204 g/mol. The standard InChI is InChI=1S/C12H24N2S/c1-10-8-14(5-6-15-10)12(2,9-13)7-11-3-4-11/h10-11H,3-9,13H2,1-2H3. The highest BCUT2D eigenvalue weighted by molar-refractivity contribution is 7.99. The zero-order chi connectivity index (χ0) is 10.9. The Morgan fingerprint density at radius 3 is 2.73 bits per heavy atom. The summed E-state index contributed by atoms with van der Waals surface area (Å²) in [6, 6.07) is 0. The van der Waals surface area contributed by atoms with Gasteiger partial charge < -0.3 is 5.73 Å². The van der Waals surface area contributed by atoms with Crippen molar-refractivity contribution in [3.05, 3.63) is 0 Å². The molecule has 0 bridgehead atoms. The van der Waals surface area contributed by atoms with Gasteiger partial charge in [-0.25, -0.2) is 0 Å². The molecule has 1 aliphatic carbocycles. The van der Waals surface area contributed by atoms with E-state index in [1.54, 1.807) is 0 Å². The van der Waals surface area contributed by atoms with Crippen molar-refractivity contribution in [3.63, 3.8) is 0 Å². The third-order valence-corrected chi connectivity index (χ3v) is 5.01. The molecule has 2 atom stereocenters. The van der Waals surface area contributed by atoms with Crippen LogP contribution in [0.5, 0.6) is 0 Å². The molecule has 2 aliphatic rings. The quantitative estimate of drug-likeness (QED) is 0.797.